The summed E-state index contributed by atoms with van der Waals surface area (Å²) in [6.07, 6.45) is 0. The first kappa shape index (κ1) is 5.29. The lowest BCUT2D eigenvalue weighted by atomic mass is 10.4. The number of thiocarbonyl (C=S) groups is 1. The van der Waals surface area contributed by atoms with Crippen LogP contribution in [0.15, 0.2) is 4.99 Å². The summed E-state index contributed by atoms with van der Waals surface area (Å²) in [6.45, 7) is 0. The van der Waals surface area contributed by atoms with E-state index in [0.29, 0.717) is 6.04 Å². The van der Waals surface area contributed by atoms with Crippen LogP contribution in [0.2, 0.25) is 0 Å². The van der Waals surface area contributed by atoms with Gasteiger partial charge in [-0.15, -0.1) is 0 Å². The van der Waals surface area contributed by atoms with Gasteiger partial charge in [-0.2, -0.15) is 11.8 Å². The topological polar surface area (TPSA) is 12.4 Å². The van der Waals surface area contributed by atoms with Crippen molar-refractivity contribution in [2.24, 2.45) is 4.99 Å². The molecule has 1 saturated heterocycles. The van der Waals surface area contributed by atoms with E-state index < -0.39 is 0 Å². The maximum Gasteiger partial charge on any atom is 0.0783 e. The Morgan fingerprint density at radius 2 is 2.43 bits per heavy atom. The van der Waals surface area contributed by atoms with Crippen LogP contribution >= 0.6 is 24.0 Å². The maximum atomic E-state index is 4.40. The molecule has 1 aliphatic heterocycles. The third-order valence-electron chi connectivity index (χ3n) is 0.856. The normalized spacial score (nSPS) is 20.0. The van der Waals surface area contributed by atoms with Crippen molar-refractivity contribution in [3.63, 3.8) is 0 Å². The van der Waals surface area contributed by atoms with Crippen molar-refractivity contribution < 1.29 is 0 Å². The van der Waals surface area contributed by atoms with Crippen molar-refractivity contribution in [2.45, 2.75) is 6.04 Å². The molecule has 7 heavy (non-hydrogen) atoms. The van der Waals surface area contributed by atoms with Gasteiger partial charge in [0.25, 0.3) is 0 Å². The van der Waals surface area contributed by atoms with Crippen LogP contribution in [0.25, 0.3) is 0 Å². The number of rotatable bonds is 1. The van der Waals surface area contributed by atoms with E-state index in [4.69, 9.17) is 0 Å². The number of isothiocyanates is 1. The van der Waals surface area contributed by atoms with Crippen molar-refractivity contribution in [1.29, 1.82) is 0 Å². The number of aliphatic imine (C=N–C) groups is 1. The largest absolute Gasteiger partial charge is 0.227 e. The Bertz CT molecular complexity index is 102. The molecule has 0 aromatic heterocycles. The second kappa shape index (κ2) is 2.46. The number of thioether (sulfide) groups is 1. The van der Waals surface area contributed by atoms with E-state index in [0.717, 1.165) is 11.5 Å². The van der Waals surface area contributed by atoms with Gasteiger partial charge in [-0.25, -0.2) is 4.99 Å². The van der Waals surface area contributed by atoms with Crippen LogP contribution in [0.5, 0.6) is 0 Å². The maximum absolute atomic E-state index is 4.40. The molecule has 38 valence electrons. The van der Waals surface area contributed by atoms with Crippen LogP contribution < -0.4 is 0 Å². The molecule has 1 nitrogen and oxygen atoms in total. The van der Waals surface area contributed by atoms with Crippen LogP contribution in [0.3, 0.4) is 0 Å². The first-order valence-electron chi connectivity index (χ1n) is 2.08. The van der Waals surface area contributed by atoms with Crippen molar-refractivity contribution in [3.8, 4) is 0 Å². The molecule has 3 heteroatoms. The minimum atomic E-state index is 0.502. The highest BCUT2D eigenvalue weighted by atomic mass is 32.2. The second-order valence-corrected chi connectivity index (χ2v) is 2.67. The van der Waals surface area contributed by atoms with E-state index >= 15 is 0 Å². The van der Waals surface area contributed by atoms with E-state index in [1.807, 2.05) is 11.8 Å². The van der Waals surface area contributed by atoms with Crippen molar-refractivity contribution in [2.75, 3.05) is 11.5 Å². The van der Waals surface area contributed by atoms with Crippen molar-refractivity contribution in [3.05, 3.63) is 0 Å². The lowest BCUT2D eigenvalue weighted by molar-refractivity contribution is 0.829. The fourth-order valence-corrected chi connectivity index (χ4v) is 1.12. The van der Waals surface area contributed by atoms with Gasteiger partial charge in [0, 0.05) is 11.5 Å². The van der Waals surface area contributed by atoms with Crippen molar-refractivity contribution >= 4 is 29.1 Å². The molecule has 0 amide bonds. The van der Waals surface area contributed by atoms with Gasteiger partial charge in [0.15, 0.2) is 0 Å². The van der Waals surface area contributed by atoms with Crippen LogP contribution in [-0.2, 0) is 0 Å². The molecule has 0 aromatic carbocycles. The molecule has 0 spiro atoms. The summed E-state index contributed by atoms with van der Waals surface area (Å²) in [5.41, 5.74) is 0. The van der Waals surface area contributed by atoms with Gasteiger partial charge in [0.1, 0.15) is 0 Å². The van der Waals surface area contributed by atoms with E-state index in [1.54, 1.807) is 0 Å². The first-order chi connectivity index (χ1) is 3.43. The number of hydrogen-bond donors (Lipinski definition) is 0. The molecule has 1 heterocycles. The third kappa shape index (κ3) is 1.27. The molecule has 0 aliphatic carbocycles. The molecule has 1 aliphatic rings. The Morgan fingerprint density at radius 3 is 2.57 bits per heavy atom. The number of nitrogens with zero attached hydrogens (tertiary/aromatic N) is 1. The summed E-state index contributed by atoms with van der Waals surface area (Å²) in [5, 5.41) is 2.36. The zero-order valence-corrected chi connectivity index (χ0v) is 5.39. The van der Waals surface area contributed by atoms with Gasteiger partial charge in [-0.1, -0.05) is 0 Å². The van der Waals surface area contributed by atoms with Crippen LogP contribution in [0.4, 0.5) is 0 Å². The summed E-state index contributed by atoms with van der Waals surface area (Å²) in [7, 11) is 0. The molecule has 0 atom stereocenters. The highest BCUT2D eigenvalue weighted by molar-refractivity contribution is 8.00. The fraction of sp³-hybridized carbons (Fsp3) is 0.750. The predicted molar refractivity (Wildman–Crippen MR) is 36.1 cm³/mol. The molecular formula is C4H5NS2. The highest BCUT2D eigenvalue weighted by Gasteiger charge is 2.15. The smallest absolute Gasteiger partial charge is 0.0783 e. The molecule has 0 aromatic rings. The monoisotopic (exact) mass is 131 g/mol. The summed E-state index contributed by atoms with van der Waals surface area (Å²) in [4.78, 5) is 3.87. The van der Waals surface area contributed by atoms with Crippen LogP contribution in [0, 0.1) is 0 Å². The molecule has 1 rings (SSSR count). The lowest BCUT2D eigenvalue weighted by Gasteiger charge is -2.17. The first-order valence-corrected chi connectivity index (χ1v) is 3.64. The highest BCUT2D eigenvalue weighted by Crippen LogP contribution is 2.19. The second-order valence-electron chi connectivity index (χ2n) is 1.41. The minimum Gasteiger partial charge on any atom is -0.227 e. The Balaban J connectivity index is 2.27. The molecule has 0 N–H and O–H groups in total. The Kier molecular flexibility index (Phi) is 1.86. The molecule has 0 bridgehead atoms. The molecular weight excluding hydrogens is 126 g/mol. The summed E-state index contributed by atoms with van der Waals surface area (Å²) >= 11 is 6.31. The average molecular weight is 131 g/mol. The Morgan fingerprint density at radius 1 is 1.71 bits per heavy atom. The third-order valence-corrected chi connectivity index (χ3v) is 2.20. The Hall–Kier alpha value is 0.150. The predicted octanol–water partition coefficient (Wildman–Crippen LogP) is 1.20. The lowest BCUT2D eigenvalue weighted by Crippen LogP contribution is -2.21. The zero-order valence-electron chi connectivity index (χ0n) is 3.76. The summed E-state index contributed by atoms with van der Waals surface area (Å²) < 4.78 is 0. The summed E-state index contributed by atoms with van der Waals surface area (Å²) in [5.74, 6) is 2.28. The molecule has 1 fully saturated rings. The van der Waals surface area contributed by atoms with Gasteiger partial charge >= 0.3 is 0 Å². The van der Waals surface area contributed by atoms with Crippen LogP contribution in [-0.4, -0.2) is 22.7 Å². The van der Waals surface area contributed by atoms with Gasteiger partial charge in [-0.05, 0) is 12.2 Å². The van der Waals surface area contributed by atoms with E-state index in [1.165, 1.54) is 0 Å². The van der Waals surface area contributed by atoms with E-state index in [2.05, 4.69) is 22.4 Å². The fourth-order valence-electron chi connectivity index (χ4n) is 0.372. The quantitative estimate of drug-likeness (QED) is 0.391. The SMILES string of the molecule is S=C=NC1CSC1. The minimum absolute atomic E-state index is 0.502. The van der Waals surface area contributed by atoms with Gasteiger partial charge in [0.05, 0.1) is 11.2 Å². The van der Waals surface area contributed by atoms with Gasteiger partial charge < -0.3 is 0 Å². The molecule has 0 radical (unpaired) electrons. The standard InChI is InChI=1S/C4H5NS2/c6-3-5-4-1-7-2-4/h4H,1-2H2. The van der Waals surface area contributed by atoms with Crippen LogP contribution in [0.1, 0.15) is 0 Å². The van der Waals surface area contributed by atoms with Gasteiger partial charge in [0.2, 0.25) is 0 Å². The van der Waals surface area contributed by atoms with E-state index in [9.17, 15) is 0 Å². The molecule has 0 saturated carbocycles. The summed E-state index contributed by atoms with van der Waals surface area (Å²) in [6, 6.07) is 0.502. The van der Waals surface area contributed by atoms with E-state index in [-0.39, 0.29) is 0 Å². The average Bonchev–Trinajstić information content (AvgIpc) is 1.55. The van der Waals surface area contributed by atoms with Crippen molar-refractivity contribution in [1.82, 2.24) is 0 Å². The van der Waals surface area contributed by atoms with Gasteiger partial charge in [-0.3, -0.25) is 0 Å². The Labute approximate surface area is 52.2 Å². The molecule has 0 unspecified atom stereocenters. The zero-order chi connectivity index (χ0) is 5.11. The number of hydrogen-bond acceptors (Lipinski definition) is 3.